The van der Waals surface area contributed by atoms with E-state index in [9.17, 15) is 23.4 Å². The molecule has 4 atom stereocenters. The van der Waals surface area contributed by atoms with Gasteiger partial charge >= 0.3 is 6.18 Å². The van der Waals surface area contributed by atoms with Crippen LogP contribution in [0, 0.1) is 0 Å². The molecule has 0 spiro atoms. The highest BCUT2D eigenvalue weighted by Gasteiger charge is 2.46. The van der Waals surface area contributed by atoms with Crippen LogP contribution in [0.25, 0.3) is 11.0 Å². The molecule has 2 aromatic rings. The van der Waals surface area contributed by atoms with Crippen molar-refractivity contribution in [3.63, 3.8) is 0 Å². The second-order valence-electron chi connectivity index (χ2n) is 4.98. The first kappa shape index (κ1) is 15.9. The number of fused-ring (bicyclic) bond motifs is 1. The summed E-state index contributed by atoms with van der Waals surface area (Å²) in [5.41, 5.74) is 3.85. The lowest BCUT2D eigenvalue weighted by Crippen LogP contribution is -2.33. The summed E-state index contributed by atoms with van der Waals surface area (Å²) in [5, 5.41) is 31.6. The van der Waals surface area contributed by atoms with Crippen molar-refractivity contribution in [2.45, 2.75) is 30.7 Å². The van der Waals surface area contributed by atoms with E-state index < -0.39 is 54.2 Å². The number of halogens is 3. The zero-order chi connectivity index (χ0) is 16.9. The van der Waals surface area contributed by atoms with Gasteiger partial charge in [-0.3, -0.25) is 0 Å². The number of ether oxygens (including phenoxy) is 1. The molecule has 3 rings (SSSR count). The molecule has 1 fully saturated rings. The molecular weight excluding hydrogens is 323 g/mol. The molecule has 0 unspecified atom stereocenters. The third kappa shape index (κ3) is 2.39. The van der Waals surface area contributed by atoms with E-state index in [4.69, 9.17) is 15.6 Å². The van der Waals surface area contributed by atoms with Crippen LogP contribution >= 0.6 is 0 Å². The molecule has 23 heavy (non-hydrogen) atoms. The van der Waals surface area contributed by atoms with Gasteiger partial charge in [-0.05, 0) is 0 Å². The summed E-state index contributed by atoms with van der Waals surface area (Å²) < 4.78 is 45.3. The van der Waals surface area contributed by atoms with Crippen LogP contribution in [0.15, 0.2) is 6.33 Å². The molecule has 2 aromatic heterocycles. The number of aromatic nitrogens is 4. The summed E-state index contributed by atoms with van der Waals surface area (Å²) in [6.07, 6.45) is -9.61. The number of rotatable bonds is 2. The quantitative estimate of drug-likeness (QED) is 0.550. The Morgan fingerprint density at radius 2 is 1.96 bits per heavy atom. The lowest BCUT2D eigenvalue weighted by atomic mass is 10.1. The number of nitrogens with zero attached hydrogens (tertiary/aromatic N) is 4. The maximum Gasteiger partial charge on any atom is 0.435 e. The van der Waals surface area contributed by atoms with Crippen LogP contribution in [0.5, 0.6) is 0 Å². The van der Waals surface area contributed by atoms with Crippen molar-refractivity contribution >= 4 is 16.9 Å². The van der Waals surface area contributed by atoms with Gasteiger partial charge in [0.25, 0.3) is 0 Å². The Kier molecular flexibility index (Phi) is 3.63. The van der Waals surface area contributed by atoms with Gasteiger partial charge in [0.05, 0.1) is 12.0 Å². The summed E-state index contributed by atoms with van der Waals surface area (Å²) in [5.74, 6) is -0.430. The van der Waals surface area contributed by atoms with Crippen LogP contribution in [-0.2, 0) is 10.9 Å². The zero-order valence-electron chi connectivity index (χ0n) is 11.3. The smallest absolute Gasteiger partial charge is 0.394 e. The fourth-order valence-corrected chi connectivity index (χ4v) is 2.45. The molecule has 1 aliphatic rings. The molecule has 1 aliphatic heterocycles. The molecule has 12 heteroatoms. The van der Waals surface area contributed by atoms with Crippen LogP contribution in [0.4, 0.5) is 19.0 Å². The third-order valence-electron chi connectivity index (χ3n) is 3.54. The number of hydrogen-bond acceptors (Lipinski definition) is 8. The Morgan fingerprint density at radius 3 is 2.52 bits per heavy atom. The fourth-order valence-electron chi connectivity index (χ4n) is 2.45. The van der Waals surface area contributed by atoms with E-state index in [1.165, 1.54) is 0 Å². The summed E-state index contributed by atoms with van der Waals surface area (Å²) in [4.78, 5) is 7.21. The second-order valence-corrected chi connectivity index (χ2v) is 4.98. The Balaban J connectivity index is 2.18. The monoisotopic (exact) mass is 335 g/mol. The van der Waals surface area contributed by atoms with E-state index in [2.05, 4.69) is 15.1 Å². The normalized spacial score (nSPS) is 28.6. The molecule has 5 N–H and O–H groups in total. The Hall–Kier alpha value is -2.02. The molecule has 9 nitrogen and oxygen atoms in total. The van der Waals surface area contributed by atoms with Crippen LogP contribution in [0.2, 0.25) is 0 Å². The third-order valence-corrected chi connectivity index (χ3v) is 3.54. The van der Waals surface area contributed by atoms with Crippen molar-refractivity contribution in [3.05, 3.63) is 12.0 Å². The molecule has 0 aliphatic carbocycles. The van der Waals surface area contributed by atoms with Gasteiger partial charge in [-0.15, -0.1) is 0 Å². The minimum Gasteiger partial charge on any atom is -0.394 e. The summed E-state index contributed by atoms with van der Waals surface area (Å²) in [6, 6.07) is 0. The van der Waals surface area contributed by atoms with E-state index in [-0.39, 0.29) is 5.65 Å². The Morgan fingerprint density at radius 1 is 1.26 bits per heavy atom. The Bertz CT molecular complexity index is 736. The number of anilines is 1. The van der Waals surface area contributed by atoms with Crippen molar-refractivity contribution < 1.29 is 33.2 Å². The predicted octanol–water partition coefficient (Wildman–Crippen LogP) is -0.961. The lowest BCUT2D eigenvalue weighted by Gasteiger charge is -2.15. The van der Waals surface area contributed by atoms with Crippen LogP contribution in [0.3, 0.4) is 0 Å². The maximum atomic E-state index is 13.1. The van der Waals surface area contributed by atoms with Crippen LogP contribution < -0.4 is 5.73 Å². The van der Waals surface area contributed by atoms with E-state index in [1.54, 1.807) is 0 Å². The molecule has 0 saturated carbocycles. The van der Waals surface area contributed by atoms with Gasteiger partial charge in [0.1, 0.15) is 30.5 Å². The second kappa shape index (κ2) is 5.26. The van der Waals surface area contributed by atoms with Gasteiger partial charge in [-0.25, -0.2) is 14.6 Å². The molecule has 0 aromatic carbocycles. The highest BCUT2D eigenvalue weighted by Crippen LogP contribution is 2.38. The van der Waals surface area contributed by atoms with E-state index in [0.717, 1.165) is 6.33 Å². The first-order chi connectivity index (χ1) is 10.8. The van der Waals surface area contributed by atoms with Crippen LogP contribution in [-0.4, -0.2) is 60.0 Å². The van der Waals surface area contributed by atoms with Crippen molar-refractivity contribution in [2.24, 2.45) is 0 Å². The molecule has 1 saturated heterocycles. The number of nitrogen functional groups attached to an aromatic ring is 1. The zero-order valence-corrected chi connectivity index (χ0v) is 11.3. The summed E-state index contributed by atoms with van der Waals surface area (Å²) >= 11 is 0. The summed E-state index contributed by atoms with van der Waals surface area (Å²) in [6.45, 7) is -0.628. The highest BCUT2D eigenvalue weighted by molar-refractivity contribution is 5.88. The van der Waals surface area contributed by atoms with Crippen molar-refractivity contribution in [2.75, 3.05) is 12.3 Å². The minimum absolute atomic E-state index is 0.306. The number of aliphatic hydroxyl groups is 3. The number of nitrogens with two attached hydrogens (primary N) is 1. The molecular formula is C11H12F3N5O4. The molecule has 3 heterocycles. The summed E-state index contributed by atoms with van der Waals surface area (Å²) in [7, 11) is 0. The van der Waals surface area contributed by atoms with E-state index in [0.29, 0.717) is 4.68 Å². The topological polar surface area (TPSA) is 140 Å². The van der Waals surface area contributed by atoms with E-state index in [1.807, 2.05) is 0 Å². The first-order valence-electron chi connectivity index (χ1n) is 6.44. The largest absolute Gasteiger partial charge is 0.435 e. The Labute approximate surface area is 126 Å². The SMILES string of the molecule is Nc1ncnc2c1c(C(F)(F)F)nn2[C@@H]1O[C@H](CO)[C@@H](O)[C@H]1O. The fraction of sp³-hybridized carbons (Fsp3) is 0.545. The van der Waals surface area contributed by atoms with Gasteiger partial charge in [0, 0.05) is 0 Å². The molecule has 0 amide bonds. The standard InChI is InChI=1S/C11H12F3N5O4/c12-11(13,14)7-4-8(15)16-2-17-9(4)19(18-7)10-6(22)5(21)3(1-20)23-10/h2-3,5-6,10,20-22H,1H2,(H2,15,16,17)/t3-,5-,6-,10-/m1/s1. The molecule has 0 bridgehead atoms. The van der Waals surface area contributed by atoms with E-state index >= 15 is 0 Å². The predicted molar refractivity (Wildman–Crippen MR) is 67.7 cm³/mol. The molecule has 0 radical (unpaired) electrons. The average molecular weight is 335 g/mol. The highest BCUT2D eigenvalue weighted by atomic mass is 19.4. The van der Waals surface area contributed by atoms with Gasteiger partial charge < -0.3 is 25.8 Å². The van der Waals surface area contributed by atoms with Crippen LogP contribution in [0.1, 0.15) is 11.9 Å². The van der Waals surface area contributed by atoms with Gasteiger partial charge in [-0.2, -0.15) is 18.3 Å². The number of aliphatic hydroxyl groups excluding tert-OH is 3. The lowest BCUT2D eigenvalue weighted by molar-refractivity contribution is -0.141. The average Bonchev–Trinajstić information content (AvgIpc) is 3.00. The van der Waals surface area contributed by atoms with Gasteiger partial charge in [-0.1, -0.05) is 0 Å². The van der Waals surface area contributed by atoms with Gasteiger partial charge in [0.2, 0.25) is 0 Å². The number of alkyl halides is 3. The molecule has 126 valence electrons. The number of hydrogen-bond donors (Lipinski definition) is 4. The minimum atomic E-state index is -4.83. The van der Waals surface area contributed by atoms with Gasteiger partial charge in [0.15, 0.2) is 17.6 Å². The van der Waals surface area contributed by atoms with Crippen molar-refractivity contribution in [1.29, 1.82) is 0 Å². The van der Waals surface area contributed by atoms with Crippen molar-refractivity contribution in [3.8, 4) is 0 Å². The maximum absolute atomic E-state index is 13.1. The first-order valence-corrected chi connectivity index (χ1v) is 6.44. The van der Waals surface area contributed by atoms with Crippen molar-refractivity contribution in [1.82, 2.24) is 19.7 Å².